The van der Waals surface area contributed by atoms with Gasteiger partial charge < -0.3 is 20.0 Å². The standard InChI is InChI=1S/C16H27N3O2/c1-3-14-5-6-15(21-14)16(20)19-8-4-7-18(9-10-19)12-13(2)11-17/h5-6,13H,3-4,7-12,17H2,1-2H3. The average Bonchev–Trinajstić information content (AvgIpc) is 2.86. The number of nitrogens with two attached hydrogens (primary N) is 1. The summed E-state index contributed by atoms with van der Waals surface area (Å²) < 4.78 is 5.58. The molecule has 118 valence electrons. The molecular weight excluding hydrogens is 266 g/mol. The van der Waals surface area contributed by atoms with Gasteiger partial charge in [-0.25, -0.2) is 0 Å². The number of hydrogen-bond donors (Lipinski definition) is 1. The van der Waals surface area contributed by atoms with E-state index in [0.717, 1.165) is 51.3 Å². The lowest BCUT2D eigenvalue weighted by Crippen LogP contribution is -2.37. The number of rotatable bonds is 5. The summed E-state index contributed by atoms with van der Waals surface area (Å²) in [5.74, 6) is 1.86. The number of amides is 1. The average molecular weight is 293 g/mol. The van der Waals surface area contributed by atoms with E-state index in [9.17, 15) is 4.79 Å². The number of carbonyl (C=O) groups is 1. The van der Waals surface area contributed by atoms with E-state index < -0.39 is 0 Å². The molecule has 5 nitrogen and oxygen atoms in total. The van der Waals surface area contributed by atoms with Gasteiger partial charge in [-0.15, -0.1) is 0 Å². The zero-order valence-electron chi connectivity index (χ0n) is 13.2. The number of furan rings is 1. The molecule has 1 atom stereocenters. The van der Waals surface area contributed by atoms with Gasteiger partial charge >= 0.3 is 0 Å². The first-order valence-corrected chi connectivity index (χ1v) is 7.94. The molecule has 5 heteroatoms. The smallest absolute Gasteiger partial charge is 0.289 e. The van der Waals surface area contributed by atoms with Gasteiger partial charge in [0.2, 0.25) is 0 Å². The Morgan fingerprint density at radius 1 is 1.33 bits per heavy atom. The van der Waals surface area contributed by atoms with E-state index in [2.05, 4.69) is 11.8 Å². The molecule has 0 spiro atoms. The molecular formula is C16H27N3O2. The van der Waals surface area contributed by atoms with Crippen molar-refractivity contribution < 1.29 is 9.21 Å². The topological polar surface area (TPSA) is 62.7 Å². The highest BCUT2D eigenvalue weighted by molar-refractivity contribution is 5.91. The fourth-order valence-corrected chi connectivity index (χ4v) is 2.71. The van der Waals surface area contributed by atoms with E-state index in [1.807, 2.05) is 17.9 Å². The van der Waals surface area contributed by atoms with Crippen LogP contribution >= 0.6 is 0 Å². The summed E-state index contributed by atoms with van der Waals surface area (Å²) >= 11 is 0. The van der Waals surface area contributed by atoms with E-state index in [1.54, 1.807) is 6.07 Å². The third-order valence-electron chi connectivity index (χ3n) is 4.07. The van der Waals surface area contributed by atoms with Crippen molar-refractivity contribution in [2.24, 2.45) is 11.7 Å². The van der Waals surface area contributed by atoms with Gasteiger partial charge in [0.25, 0.3) is 5.91 Å². The third-order valence-corrected chi connectivity index (χ3v) is 4.07. The SMILES string of the molecule is CCc1ccc(C(=O)N2CCCN(CC(C)CN)CC2)o1. The fraction of sp³-hybridized carbons (Fsp3) is 0.688. The largest absolute Gasteiger partial charge is 0.456 e. The third kappa shape index (κ3) is 4.32. The molecule has 1 aromatic heterocycles. The molecule has 1 fully saturated rings. The molecule has 2 rings (SSSR count). The van der Waals surface area contributed by atoms with Crippen LogP contribution in [0.4, 0.5) is 0 Å². The van der Waals surface area contributed by atoms with Crippen LogP contribution in [0.25, 0.3) is 0 Å². The number of hydrogen-bond acceptors (Lipinski definition) is 4. The summed E-state index contributed by atoms with van der Waals surface area (Å²) in [4.78, 5) is 16.8. The van der Waals surface area contributed by atoms with Gasteiger partial charge in [0.1, 0.15) is 5.76 Å². The molecule has 0 aromatic carbocycles. The summed E-state index contributed by atoms with van der Waals surface area (Å²) in [5, 5.41) is 0. The van der Waals surface area contributed by atoms with Crippen molar-refractivity contribution >= 4 is 5.91 Å². The van der Waals surface area contributed by atoms with Crippen molar-refractivity contribution in [3.8, 4) is 0 Å². The number of nitrogens with zero attached hydrogens (tertiary/aromatic N) is 2. The predicted octanol–water partition coefficient (Wildman–Crippen LogP) is 1.58. The van der Waals surface area contributed by atoms with Crippen LogP contribution in [-0.4, -0.2) is 55.0 Å². The van der Waals surface area contributed by atoms with Crippen LogP contribution in [0, 0.1) is 5.92 Å². The fourth-order valence-electron chi connectivity index (χ4n) is 2.71. The summed E-state index contributed by atoms with van der Waals surface area (Å²) in [6.07, 6.45) is 1.82. The van der Waals surface area contributed by atoms with Crippen molar-refractivity contribution in [3.63, 3.8) is 0 Å². The quantitative estimate of drug-likeness (QED) is 0.895. The number of carbonyl (C=O) groups excluding carboxylic acids is 1. The highest BCUT2D eigenvalue weighted by atomic mass is 16.4. The van der Waals surface area contributed by atoms with Crippen molar-refractivity contribution in [1.29, 1.82) is 0 Å². The zero-order chi connectivity index (χ0) is 15.2. The Kier molecular flexibility index (Phi) is 5.82. The van der Waals surface area contributed by atoms with Crippen molar-refractivity contribution in [2.45, 2.75) is 26.7 Å². The molecule has 0 bridgehead atoms. The summed E-state index contributed by atoms with van der Waals surface area (Å²) in [6.45, 7) is 9.43. The molecule has 0 saturated carbocycles. The van der Waals surface area contributed by atoms with Gasteiger partial charge in [0.15, 0.2) is 5.76 Å². The Morgan fingerprint density at radius 3 is 2.81 bits per heavy atom. The highest BCUT2D eigenvalue weighted by Gasteiger charge is 2.22. The Hall–Kier alpha value is -1.33. The van der Waals surface area contributed by atoms with E-state index in [1.165, 1.54) is 0 Å². The van der Waals surface area contributed by atoms with Crippen molar-refractivity contribution in [2.75, 3.05) is 39.3 Å². The summed E-state index contributed by atoms with van der Waals surface area (Å²) in [6, 6.07) is 3.68. The first kappa shape index (κ1) is 16.0. The van der Waals surface area contributed by atoms with Crippen LogP contribution in [0.3, 0.4) is 0 Å². The monoisotopic (exact) mass is 293 g/mol. The molecule has 0 radical (unpaired) electrons. The van der Waals surface area contributed by atoms with Crippen molar-refractivity contribution in [1.82, 2.24) is 9.80 Å². The first-order valence-electron chi connectivity index (χ1n) is 7.94. The Morgan fingerprint density at radius 2 is 2.14 bits per heavy atom. The zero-order valence-corrected chi connectivity index (χ0v) is 13.2. The molecule has 1 aliphatic heterocycles. The first-order chi connectivity index (χ1) is 10.1. The van der Waals surface area contributed by atoms with Crippen LogP contribution in [0.15, 0.2) is 16.5 Å². The van der Waals surface area contributed by atoms with Crippen LogP contribution in [0.2, 0.25) is 0 Å². The predicted molar refractivity (Wildman–Crippen MR) is 83.3 cm³/mol. The number of aryl methyl sites for hydroxylation is 1. The maximum Gasteiger partial charge on any atom is 0.289 e. The van der Waals surface area contributed by atoms with Crippen LogP contribution < -0.4 is 5.73 Å². The summed E-state index contributed by atoms with van der Waals surface area (Å²) in [5.41, 5.74) is 5.69. The summed E-state index contributed by atoms with van der Waals surface area (Å²) in [7, 11) is 0. The highest BCUT2D eigenvalue weighted by Crippen LogP contribution is 2.13. The maximum atomic E-state index is 12.5. The second-order valence-electron chi connectivity index (χ2n) is 5.91. The molecule has 2 heterocycles. The maximum absolute atomic E-state index is 12.5. The molecule has 1 aliphatic rings. The Bertz CT molecular complexity index is 458. The van der Waals surface area contributed by atoms with Gasteiger partial charge in [-0.1, -0.05) is 13.8 Å². The molecule has 0 aliphatic carbocycles. The Labute approximate surface area is 127 Å². The molecule has 1 unspecified atom stereocenters. The van der Waals surface area contributed by atoms with E-state index in [-0.39, 0.29) is 5.91 Å². The minimum Gasteiger partial charge on any atom is -0.456 e. The second-order valence-corrected chi connectivity index (χ2v) is 5.91. The van der Waals surface area contributed by atoms with Gasteiger partial charge in [-0.3, -0.25) is 4.79 Å². The van der Waals surface area contributed by atoms with Crippen LogP contribution in [0.5, 0.6) is 0 Å². The lowest BCUT2D eigenvalue weighted by atomic mass is 10.1. The molecule has 1 aromatic rings. The van der Waals surface area contributed by atoms with Gasteiger partial charge in [0, 0.05) is 32.6 Å². The minimum absolute atomic E-state index is 0.0171. The van der Waals surface area contributed by atoms with Gasteiger partial charge in [0.05, 0.1) is 0 Å². The van der Waals surface area contributed by atoms with E-state index >= 15 is 0 Å². The molecule has 1 amide bonds. The van der Waals surface area contributed by atoms with Crippen LogP contribution in [0.1, 0.15) is 36.6 Å². The van der Waals surface area contributed by atoms with Crippen molar-refractivity contribution in [3.05, 3.63) is 23.7 Å². The molecule has 21 heavy (non-hydrogen) atoms. The minimum atomic E-state index is 0.0171. The van der Waals surface area contributed by atoms with Gasteiger partial charge in [-0.05, 0) is 37.6 Å². The Balaban J connectivity index is 1.91. The molecule has 2 N–H and O–H groups in total. The van der Waals surface area contributed by atoms with E-state index in [0.29, 0.717) is 18.2 Å². The molecule has 1 saturated heterocycles. The second kappa shape index (κ2) is 7.61. The van der Waals surface area contributed by atoms with E-state index in [4.69, 9.17) is 10.2 Å². The van der Waals surface area contributed by atoms with Crippen LogP contribution in [-0.2, 0) is 6.42 Å². The van der Waals surface area contributed by atoms with Gasteiger partial charge in [-0.2, -0.15) is 0 Å². The lowest BCUT2D eigenvalue weighted by Gasteiger charge is -2.23. The lowest BCUT2D eigenvalue weighted by molar-refractivity contribution is 0.0727. The normalized spacial score (nSPS) is 18.5.